The Morgan fingerprint density at radius 3 is 1.19 bits per heavy atom. The Balaban J connectivity index is 0. The van der Waals surface area contributed by atoms with Crippen LogP contribution >= 0.6 is 0 Å². The summed E-state index contributed by atoms with van der Waals surface area (Å²) in [4.78, 5) is 0. The molecule has 2 atom stereocenters. The second-order valence-corrected chi connectivity index (χ2v) is 18.4. The van der Waals surface area contributed by atoms with Crippen molar-refractivity contribution in [2.75, 3.05) is 52.0 Å². The molecule has 0 aliphatic heterocycles. The van der Waals surface area contributed by atoms with Gasteiger partial charge in [0.15, 0.2) is 0 Å². The Hall–Kier alpha value is 0.814. The molecule has 0 saturated heterocycles. The van der Waals surface area contributed by atoms with Gasteiger partial charge in [0.1, 0.15) is 8.77 Å². The van der Waals surface area contributed by atoms with Gasteiger partial charge in [0.25, 0.3) is 9.05 Å². The minimum atomic E-state index is -3.52. The van der Waals surface area contributed by atoms with Crippen molar-refractivity contribution in [3.8, 4) is 0 Å². The third kappa shape index (κ3) is 23.2. The second-order valence-electron chi connectivity index (χ2n) is 7.41. The highest BCUT2D eigenvalue weighted by Crippen LogP contribution is 2.20. The predicted molar refractivity (Wildman–Crippen MR) is 156 cm³/mol. The van der Waals surface area contributed by atoms with Crippen molar-refractivity contribution in [3.63, 3.8) is 0 Å². The normalized spacial score (nSPS) is 15.5. The Kier molecular flexibility index (Phi) is 24.3. The van der Waals surface area contributed by atoms with Crippen LogP contribution in [0.2, 0.25) is 12.1 Å². The largest absolute Gasteiger partial charge is 0.500 e. The Morgan fingerprint density at radius 1 is 0.595 bits per heavy atom. The summed E-state index contributed by atoms with van der Waals surface area (Å²) in [5.74, 6) is 0.136. The molecule has 2 N–H and O–H groups in total. The van der Waals surface area contributed by atoms with Gasteiger partial charge in [0.2, 0.25) is 0 Å². The molecule has 0 spiro atoms. The van der Waals surface area contributed by atoms with Gasteiger partial charge in [0.05, 0.1) is 6.61 Å². The molecule has 0 aromatic rings. The SMILES string of the molecule is CCO[Si](CCCCOS(=O)(O)=S)(OCC)OCC.CCO[Si](CCCCS(=O)(O)=S)(OCC)OCC. The van der Waals surface area contributed by atoms with Gasteiger partial charge in [-0.05, 0) is 67.2 Å². The molecule has 37 heavy (non-hydrogen) atoms. The molecule has 0 rings (SSSR count). The van der Waals surface area contributed by atoms with Crippen LogP contribution in [0.3, 0.4) is 0 Å². The van der Waals surface area contributed by atoms with Gasteiger partial charge < -0.3 is 31.1 Å². The van der Waals surface area contributed by atoms with E-state index in [0.29, 0.717) is 64.6 Å². The van der Waals surface area contributed by atoms with E-state index in [1.165, 1.54) is 0 Å². The topological polar surface area (TPSA) is 139 Å². The fourth-order valence-corrected chi connectivity index (χ4v) is 10.1. The van der Waals surface area contributed by atoms with E-state index in [1.54, 1.807) is 0 Å². The molecule has 0 aliphatic carbocycles. The average Bonchev–Trinajstić information content (AvgIpc) is 2.77. The standard InChI is InChI=1S/C10H24O6S2Si.C10H24O5S2Si/c1-4-14-19(15-5-2,16-6-3)10-8-7-9-13-18(11,12)17;1-4-13-18(14-5-2,15-6-3)10-8-7-9-17(11,12)16/h4-10H2,1-3H3,(H,11,12,17);4-10H2,1-3H3,(H,11,12,16). The summed E-state index contributed by atoms with van der Waals surface area (Å²) in [6, 6.07) is 1.32. The van der Waals surface area contributed by atoms with E-state index in [-0.39, 0.29) is 12.4 Å². The summed E-state index contributed by atoms with van der Waals surface area (Å²) in [6.45, 7) is 14.8. The molecule has 17 heteroatoms. The number of unbranched alkanes of at least 4 members (excludes halogenated alkanes) is 2. The lowest BCUT2D eigenvalue weighted by atomic mass is 10.4. The third-order valence-electron chi connectivity index (χ3n) is 4.43. The van der Waals surface area contributed by atoms with Crippen LogP contribution in [0.5, 0.6) is 0 Å². The molecule has 0 aliphatic rings. The first-order chi connectivity index (χ1) is 17.3. The monoisotopic (exact) mass is 648 g/mol. The number of hydrogen-bond acceptors (Lipinski definition) is 11. The van der Waals surface area contributed by atoms with Crippen molar-refractivity contribution in [1.29, 1.82) is 0 Å². The van der Waals surface area contributed by atoms with Crippen molar-refractivity contribution >= 4 is 57.8 Å². The molecule has 0 radical (unpaired) electrons. The quantitative estimate of drug-likeness (QED) is 0.122. The molecule has 0 aromatic heterocycles. The van der Waals surface area contributed by atoms with Gasteiger partial charge in [-0.2, -0.15) is 4.21 Å². The van der Waals surface area contributed by atoms with Crippen molar-refractivity contribution in [2.45, 2.75) is 79.3 Å². The Morgan fingerprint density at radius 2 is 0.919 bits per heavy atom. The molecular weight excluding hydrogens is 601 g/mol. The Bertz CT molecular complexity index is 721. The minimum Gasteiger partial charge on any atom is -0.374 e. The zero-order valence-electron chi connectivity index (χ0n) is 23.1. The zero-order valence-corrected chi connectivity index (χ0v) is 28.4. The fourth-order valence-electron chi connectivity index (χ4n) is 3.24. The molecule has 0 amide bonds. The van der Waals surface area contributed by atoms with Gasteiger partial charge in [0, 0.05) is 79.9 Å². The highest BCUT2D eigenvalue weighted by Gasteiger charge is 2.40. The smallest absolute Gasteiger partial charge is 0.374 e. The van der Waals surface area contributed by atoms with E-state index in [1.807, 2.05) is 41.5 Å². The minimum absolute atomic E-state index is 0.136. The number of hydrogen-bond donors (Lipinski definition) is 2. The van der Waals surface area contributed by atoms with Crippen molar-refractivity contribution in [3.05, 3.63) is 0 Å². The lowest BCUT2D eigenvalue weighted by Gasteiger charge is -2.28. The van der Waals surface area contributed by atoms with Gasteiger partial charge in [-0.3, -0.25) is 8.74 Å². The van der Waals surface area contributed by atoms with Crippen LogP contribution in [0.15, 0.2) is 0 Å². The molecule has 0 saturated carbocycles. The number of rotatable bonds is 23. The third-order valence-corrected chi connectivity index (χ3v) is 12.8. The summed E-state index contributed by atoms with van der Waals surface area (Å²) >= 11 is 8.67. The van der Waals surface area contributed by atoms with Crippen molar-refractivity contribution in [1.82, 2.24) is 0 Å². The van der Waals surface area contributed by atoms with Crippen LogP contribution in [0.25, 0.3) is 0 Å². The highest BCUT2D eigenvalue weighted by molar-refractivity contribution is 8.29. The lowest BCUT2D eigenvalue weighted by Crippen LogP contribution is -2.45. The molecular formula is C20H48O11S4Si2. The summed E-state index contributed by atoms with van der Waals surface area (Å²) in [6.07, 6.45) is 2.65. The maximum absolute atomic E-state index is 11.0. The predicted octanol–water partition coefficient (Wildman–Crippen LogP) is 4.00. The fraction of sp³-hybridized carbons (Fsp3) is 1.00. The van der Waals surface area contributed by atoms with Crippen molar-refractivity contribution in [2.24, 2.45) is 0 Å². The summed E-state index contributed by atoms with van der Waals surface area (Å²) in [5.41, 5.74) is 0. The summed E-state index contributed by atoms with van der Waals surface area (Å²) in [5, 5.41) is 0. The van der Waals surface area contributed by atoms with E-state index in [9.17, 15) is 8.42 Å². The van der Waals surface area contributed by atoms with Crippen LogP contribution in [0, 0.1) is 0 Å². The van der Waals surface area contributed by atoms with Crippen LogP contribution < -0.4 is 0 Å². The van der Waals surface area contributed by atoms with Gasteiger partial charge in [-0.25, -0.2) is 4.21 Å². The highest BCUT2D eigenvalue weighted by atomic mass is 32.9. The first-order valence-corrected chi connectivity index (χ1v) is 21.5. The molecule has 0 fully saturated rings. The van der Waals surface area contributed by atoms with E-state index in [2.05, 4.69) is 26.6 Å². The average molecular weight is 649 g/mol. The molecule has 0 bridgehead atoms. The first kappa shape index (κ1) is 40.0. The maximum atomic E-state index is 11.0. The first-order valence-electron chi connectivity index (χ1n) is 12.7. The van der Waals surface area contributed by atoms with Gasteiger partial charge in [-0.1, -0.05) is 0 Å². The molecule has 0 heterocycles. The van der Waals surface area contributed by atoms with Gasteiger partial charge in [-0.15, -0.1) is 0 Å². The van der Waals surface area contributed by atoms with Crippen molar-refractivity contribution < 1.29 is 48.3 Å². The van der Waals surface area contributed by atoms with E-state index < -0.39 is 35.4 Å². The van der Waals surface area contributed by atoms with Crippen LogP contribution in [-0.4, -0.2) is 87.1 Å². The molecule has 0 aromatic carbocycles. The maximum Gasteiger partial charge on any atom is 0.500 e. The van der Waals surface area contributed by atoms with E-state index >= 15 is 0 Å². The molecule has 226 valence electrons. The van der Waals surface area contributed by atoms with E-state index in [4.69, 9.17) is 35.7 Å². The van der Waals surface area contributed by atoms with Crippen LogP contribution in [-0.2, 0) is 70.9 Å². The van der Waals surface area contributed by atoms with Crippen LogP contribution in [0.4, 0.5) is 0 Å². The Labute approximate surface area is 236 Å². The summed E-state index contributed by atoms with van der Waals surface area (Å²) in [7, 11) is -11.8. The van der Waals surface area contributed by atoms with E-state index in [0.717, 1.165) is 12.8 Å². The molecule has 11 nitrogen and oxygen atoms in total. The summed E-state index contributed by atoms with van der Waals surface area (Å²) < 4.78 is 78.2. The van der Waals surface area contributed by atoms with Gasteiger partial charge >= 0.3 is 17.6 Å². The van der Waals surface area contributed by atoms with Crippen LogP contribution in [0.1, 0.15) is 67.2 Å². The second kappa shape index (κ2) is 22.5. The molecule has 2 unspecified atom stereocenters. The zero-order chi connectivity index (χ0) is 28.8. The lowest BCUT2D eigenvalue weighted by molar-refractivity contribution is 0.0698.